The molecule has 1 heterocycles. The van der Waals surface area contributed by atoms with Crippen LogP contribution in [0.25, 0.3) is 101 Å². The molecule has 0 unspecified atom stereocenters. The lowest BCUT2D eigenvalue weighted by molar-refractivity contribution is 0.768. The zero-order chi connectivity index (χ0) is 48.6. The minimum Gasteiger partial charge on any atom is -0.208 e. The molecule has 1 aliphatic rings. The molecule has 1 aromatic heterocycles. The van der Waals surface area contributed by atoms with Gasteiger partial charge in [-0.25, -0.2) is 15.0 Å². The third-order valence-electron chi connectivity index (χ3n) is 14.4. The quantitative estimate of drug-likeness (QED) is 0.137. The third-order valence-corrected chi connectivity index (χ3v) is 14.4. The van der Waals surface area contributed by atoms with Crippen molar-refractivity contribution in [1.82, 2.24) is 15.0 Å². The van der Waals surface area contributed by atoms with Gasteiger partial charge in [0.25, 0.3) is 0 Å². The van der Waals surface area contributed by atoms with Gasteiger partial charge in [-0.1, -0.05) is 261 Å². The molecular formula is C70H47N3. The highest BCUT2D eigenvalue weighted by Gasteiger charge is 2.46. The monoisotopic (exact) mass is 929 g/mol. The van der Waals surface area contributed by atoms with Crippen LogP contribution in [0.2, 0.25) is 0 Å². The first-order chi connectivity index (χ1) is 36.2. The number of hydrogen-bond donors (Lipinski definition) is 0. The fraction of sp³-hybridized carbons (Fsp3) is 0.0143. The minimum absolute atomic E-state index is 0.477. The van der Waals surface area contributed by atoms with Gasteiger partial charge >= 0.3 is 0 Å². The summed E-state index contributed by atoms with van der Waals surface area (Å²) in [7, 11) is 0. The van der Waals surface area contributed by atoms with Crippen LogP contribution >= 0.6 is 0 Å². The average Bonchev–Trinajstić information content (AvgIpc) is 3.78. The molecule has 1 aliphatic carbocycles. The van der Waals surface area contributed by atoms with E-state index in [1.54, 1.807) is 0 Å². The first kappa shape index (κ1) is 43.5. The van der Waals surface area contributed by atoms with Crippen molar-refractivity contribution >= 4 is 0 Å². The molecule has 3 heteroatoms. The molecule has 11 aromatic carbocycles. The molecule has 0 N–H and O–H groups in total. The zero-order valence-corrected chi connectivity index (χ0v) is 40.0. The molecule has 13 rings (SSSR count). The summed E-state index contributed by atoms with van der Waals surface area (Å²) >= 11 is 0. The van der Waals surface area contributed by atoms with Crippen LogP contribution in [0, 0.1) is 0 Å². The van der Waals surface area contributed by atoms with E-state index >= 15 is 0 Å². The molecule has 0 spiro atoms. The second-order valence-corrected chi connectivity index (χ2v) is 18.7. The van der Waals surface area contributed by atoms with Crippen molar-refractivity contribution in [2.45, 2.75) is 5.41 Å². The summed E-state index contributed by atoms with van der Waals surface area (Å²) < 4.78 is 0. The summed E-state index contributed by atoms with van der Waals surface area (Å²) in [4.78, 5) is 15.0. The Labute approximate surface area is 426 Å². The fourth-order valence-electron chi connectivity index (χ4n) is 11.0. The highest BCUT2D eigenvalue weighted by Crippen LogP contribution is 2.57. The molecule has 0 aliphatic heterocycles. The van der Waals surface area contributed by atoms with E-state index in [4.69, 9.17) is 15.0 Å². The van der Waals surface area contributed by atoms with Gasteiger partial charge in [-0.05, 0) is 113 Å². The van der Waals surface area contributed by atoms with Gasteiger partial charge in [0.15, 0.2) is 17.5 Å². The number of rotatable bonds is 10. The van der Waals surface area contributed by atoms with E-state index in [2.05, 4.69) is 224 Å². The predicted molar refractivity (Wildman–Crippen MR) is 301 cm³/mol. The van der Waals surface area contributed by atoms with Gasteiger partial charge in [-0.2, -0.15) is 0 Å². The summed E-state index contributed by atoms with van der Waals surface area (Å²) in [5, 5.41) is 0. The number of aromatic nitrogens is 3. The number of nitrogens with zero attached hydrogens (tertiary/aromatic N) is 3. The Morgan fingerprint density at radius 1 is 0.205 bits per heavy atom. The number of fused-ring (bicyclic) bond motifs is 3. The molecule has 3 nitrogen and oxygen atoms in total. The van der Waals surface area contributed by atoms with Gasteiger partial charge in [-0.3, -0.25) is 0 Å². The summed E-state index contributed by atoms with van der Waals surface area (Å²) in [5.74, 6) is 1.91. The summed E-state index contributed by atoms with van der Waals surface area (Å²) in [6, 6.07) is 103. The van der Waals surface area contributed by atoms with E-state index in [0.717, 1.165) is 44.5 Å². The third kappa shape index (κ3) is 7.85. The Morgan fingerprint density at radius 3 is 1.16 bits per heavy atom. The van der Waals surface area contributed by atoms with Crippen molar-refractivity contribution in [2.75, 3.05) is 0 Å². The van der Waals surface area contributed by atoms with Crippen LogP contribution in [0.15, 0.2) is 285 Å². The van der Waals surface area contributed by atoms with Crippen molar-refractivity contribution in [3.05, 3.63) is 307 Å². The van der Waals surface area contributed by atoms with Gasteiger partial charge in [0.2, 0.25) is 0 Å². The van der Waals surface area contributed by atoms with E-state index in [1.165, 1.54) is 61.2 Å². The van der Waals surface area contributed by atoms with E-state index in [-0.39, 0.29) is 0 Å². The second-order valence-electron chi connectivity index (χ2n) is 18.7. The molecule has 73 heavy (non-hydrogen) atoms. The van der Waals surface area contributed by atoms with Gasteiger partial charge in [0.05, 0.1) is 5.41 Å². The maximum absolute atomic E-state index is 5.04. The van der Waals surface area contributed by atoms with E-state index in [9.17, 15) is 0 Å². The zero-order valence-electron chi connectivity index (χ0n) is 40.0. The topological polar surface area (TPSA) is 38.7 Å². The molecule has 342 valence electrons. The van der Waals surface area contributed by atoms with Crippen LogP contribution in [-0.4, -0.2) is 15.0 Å². The van der Waals surface area contributed by atoms with Crippen molar-refractivity contribution in [3.63, 3.8) is 0 Å². The molecule has 0 saturated heterocycles. The second kappa shape index (κ2) is 18.6. The number of hydrogen-bond acceptors (Lipinski definition) is 3. The maximum Gasteiger partial charge on any atom is 0.164 e. The Balaban J connectivity index is 0.958. The maximum atomic E-state index is 5.04. The number of benzene rings is 11. The molecule has 0 atom stereocenters. The van der Waals surface area contributed by atoms with Crippen molar-refractivity contribution in [2.24, 2.45) is 0 Å². The molecular weight excluding hydrogens is 883 g/mol. The standard InChI is InChI=1S/C70H47N3/c1-7-22-48(23-8-1)57-46-61(50-40-38-49(39-41-50)54-30-21-31-56(44-54)69-72-67(52-26-11-3-12-27-52)71-68(73-69)53-28-13-4-14-29-53)66(51-24-9-2-10-25-51)62(47-57)55-42-43-65-63(45-55)60-36-19-20-37-64(60)70(65,58-32-15-5-16-33-58)59-34-17-6-18-35-59/h1-47H. The molecule has 12 aromatic rings. The summed E-state index contributed by atoms with van der Waals surface area (Å²) in [5.41, 5.74) is 21.5. The Bertz CT molecular complexity index is 3820. The Morgan fingerprint density at radius 2 is 0.589 bits per heavy atom. The highest BCUT2D eigenvalue weighted by atomic mass is 15.0. The highest BCUT2D eigenvalue weighted by molar-refractivity contribution is 5.99. The molecule has 0 fully saturated rings. The minimum atomic E-state index is -0.477. The molecule has 0 amide bonds. The Hall–Kier alpha value is -9.57. The summed E-state index contributed by atoms with van der Waals surface area (Å²) in [6.07, 6.45) is 0. The average molecular weight is 930 g/mol. The Kier molecular flexibility index (Phi) is 11.1. The van der Waals surface area contributed by atoms with Crippen LogP contribution in [-0.2, 0) is 5.41 Å². The van der Waals surface area contributed by atoms with Crippen molar-refractivity contribution < 1.29 is 0 Å². The van der Waals surface area contributed by atoms with Gasteiger partial charge in [-0.15, -0.1) is 0 Å². The lowest BCUT2D eigenvalue weighted by atomic mass is 9.67. The molecule has 0 bridgehead atoms. The normalized spacial score (nSPS) is 12.2. The van der Waals surface area contributed by atoms with Crippen LogP contribution < -0.4 is 0 Å². The predicted octanol–water partition coefficient (Wildman–Crippen LogP) is 17.6. The first-order valence-electron chi connectivity index (χ1n) is 24.9. The van der Waals surface area contributed by atoms with Gasteiger partial charge < -0.3 is 0 Å². The van der Waals surface area contributed by atoms with Crippen molar-refractivity contribution in [3.8, 4) is 101 Å². The van der Waals surface area contributed by atoms with Crippen LogP contribution in [0.1, 0.15) is 22.3 Å². The van der Waals surface area contributed by atoms with Crippen LogP contribution in [0.3, 0.4) is 0 Å². The lowest BCUT2D eigenvalue weighted by Gasteiger charge is -2.34. The SMILES string of the molecule is c1ccc(-c2cc(-c3ccc(-c4cccc(-c5nc(-c6ccccc6)nc(-c6ccccc6)n5)c4)cc3)c(-c3ccccc3)c(-c3ccc4c(c3)-c3ccccc3C4(c3ccccc3)c3ccccc3)c2)cc1. The first-order valence-corrected chi connectivity index (χ1v) is 24.9. The van der Waals surface area contributed by atoms with Gasteiger partial charge in [0.1, 0.15) is 0 Å². The van der Waals surface area contributed by atoms with Gasteiger partial charge in [0, 0.05) is 16.7 Å². The molecule has 0 saturated carbocycles. The van der Waals surface area contributed by atoms with E-state index < -0.39 is 5.41 Å². The van der Waals surface area contributed by atoms with Crippen LogP contribution in [0.4, 0.5) is 0 Å². The summed E-state index contributed by atoms with van der Waals surface area (Å²) in [6.45, 7) is 0. The molecule has 0 radical (unpaired) electrons. The van der Waals surface area contributed by atoms with Crippen LogP contribution in [0.5, 0.6) is 0 Å². The fourth-order valence-corrected chi connectivity index (χ4v) is 11.0. The largest absolute Gasteiger partial charge is 0.208 e. The van der Waals surface area contributed by atoms with E-state index in [1.807, 2.05) is 60.7 Å². The van der Waals surface area contributed by atoms with E-state index in [0.29, 0.717) is 17.5 Å². The smallest absolute Gasteiger partial charge is 0.164 e. The lowest BCUT2D eigenvalue weighted by Crippen LogP contribution is -2.28. The van der Waals surface area contributed by atoms with Crippen molar-refractivity contribution in [1.29, 1.82) is 0 Å².